The van der Waals surface area contributed by atoms with Crippen molar-refractivity contribution in [1.82, 2.24) is 9.80 Å². The van der Waals surface area contributed by atoms with E-state index in [-0.39, 0.29) is 12.2 Å². The number of para-hydroxylation sites is 1. The maximum absolute atomic E-state index is 12.3. The van der Waals surface area contributed by atoms with E-state index in [4.69, 9.17) is 15.7 Å². The van der Waals surface area contributed by atoms with Crippen molar-refractivity contribution in [2.75, 3.05) is 37.7 Å². The monoisotopic (exact) mass is 530 g/mol. The van der Waals surface area contributed by atoms with Gasteiger partial charge in [-0.25, -0.2) is 15.4 Å². The van der Waals surface area contributed by atoms with Gasteiger partial charge in [-0.2, -0.15) is 0 Å². The number of anilines is 1. The van der Waals surface area contributed by atoms with Crippen molar-refractivity contribution < 1.29 is 19.4 Å². The van der Waals surface area contributed by atoms with Crippen molar-refractivity contribution in [2.45, 2.75) is 73.3 Å². The number of cyclic esters (lactones) is 1. The van der Waals surface area contributed by atoms with E-state index < -0.39 is 5.97 Å². The molecule has 0 aliphatic carbocycles. The second-order valence-corrected chi connectivity index (χ2v) is 8.57. The number of rotatable bonds is 14. The lowest BCUT2D eigenvalue weighted by atomic mass is 10.1. The molecule has 1 atom stereocenters. The summed E-state index contributed by atoms with van der Waals surface area (Å²) in [7, 11) is 0. The molecule has 3 N–H and O–H groups in total. The first-order valence-corrected chi connectivity index (χ1v) is 13.7. The molecule has 0 aromatic heterocycles. The number of carboxylic acids is 1. The number of allylic oxidation sites excluding steroid dienone is 3. The Morgan fingerprint density at radius 3 is 2.39 bits per heavy atom. The normalized spacial score (nSPS) is 15.3. The number of carboxylic acid groups (broad SMARTS) is 1. The average molecular weight is 531 g/mol. The zero-order chi connectivity index (χ0) is 29.1. The number of likely N-dealkylation sites (N-methyl/N-ethyl adjacent to an activating group) is 1. The SMILES string of the molecule is C=C.CC.CCCN(N)c1ccccc1CCN(CC)CCC1CN(/C(C)=C/C=C(\CC)C(=O)O)C(=O)O1. The van der Waals surface area contributed by atoms with Crippen LogP contribution in [0.25, 0.3) is 0 Å². The summed E-state index contributed by atoms with van der Waals surface area (Å²) in [4.78, 5) is 27.5. The molecule has 1 heterocycles. The van der Waals surface area contributed by atoms with Gasteiger partial charge in [0, 0.05) is 30.9 Å². The molecule has 1 amide bonds. The molecule has 0 radical (unpaired) electrons. The molecule has 214 valence electrons. The van der Waals surface area contributed by atoms with Gasteiger partial charge in [-0.05, 0) is 56.9 Å². The molecule has 1 aromatic carbocycles. The summed E-state index contributed by atoms with van der Waals surface area (Å²) in [5.41, 5.74) is 3.29. The number of aliphatic carboxylic acids is 1. The summed E-state index contributed by atoms with van der Waals surface area (Å²) in [6.07, 6.45) is 5.72. The molecule has 1 aliphatic heterocycles. The largest absolute Gasteiger partial charge is 0.478 e. The van der Waals surface area contributed by atoms with Crippen LogP contribution in [-0.2, 0) is 16.0 Å². The molecular formula is C30H50N4O4. The van der Waals surface area contributed by atoms with Gasteiger partial charge in [0.1, 0.15) is 6.10 Å². The smallest absolute Gasteiger partial charge is 0.414 e. The number of nitrogens with two attached hydrogens (primary N) is 1. The zero-order valence-electron chi connectivity index (χ0n) is 24.4. The fourth-order valence-electron chi connectivity index (χ4n) is 4.01. The third-order valence-corrected chi connectivity index (χ3v) is 6.16. The molecule has 8 nitrogen and oxygen atoms in total. The number of hydrogen-bond acceptors (Lipinski definition) is 6. The maximum atomic E-state index is 12.3. The lowest BCUT2D eigenvalue weighted by Crippen LogP contribution is -2.33. The maximum Gasteiger partial charge on any atom is 0.414 e. The standard InChI is InChI=1S/C26H40N4O4.C2H6.C2H4/c1-5-16-30(27)24-11-9-8-10-22(24)14-17-28(7-3)18-15-23-19-29(26(33)34-23)20(4)12-13-21(6-2)25(31)32;2*1-2/h8-13,23H,5-7,14-19,27H2,1-4H3,(H,31,32);1-2H3;1-2H2/b20-12+,21-13+;;. The number of hydrogen-bond donors (Lipinski definition) is 2. The van der Waals surface area contributed by atoms with Gasteiger partial charge in [-0.3, -0.25) is 4.90 Å². The highest BCUT2D eigenvalue weighted by Crippen LogP contribution is 2.21. The van der Waals surface area contributed by atoms with E-state index in [1.165, 1.54) is 5.56 Å². The number of hydrazine groups is 1. The van der Waals surface area contributed by atoms with Crippen LogP contribution < -0.4 is 10.9 Å². The van der Waals surface area contributed by atoms with E-state index in [0.717, 1.165) is 51.1 Å². The fraction of sp³-hybridized carbons (Fsp3) is 0.533. The summed E-state index contributed by atoms with van der Waals surface area (Å²) in [6, 6.07) is 8.27. The molecule has 1 unspecified atom stereocenters. The minimum atomic E-state index is -0.944. The van der Waals surface area contributed by atoms with Gasteiger partial charge in [0.2, 0.25) is 0 Å². The summed E-state index contributed by atoms with van der Waals surface area (Å²) in [6.45, 7) is 21.8. The molecule has 2 rings (SSSR count). The van der Waals surface area contributed by atoms with Crippen molar-refractivity contribution >= 4 is 17.7 Å². The quantitative estimate of drug-likeness (QED) is 0.0999. The molecule has 1 aromatic rings. The van der Waals surface area contributed by atoms with Crippen molar-refractivity contribution in [3.63, 3.8) is 0 Å². The number of carbonyl (C=O) groups excluding carboxylic acids is 1. The van der Waals surface area contributed by atoms with E-state index in [2.05, 4.69) is 44.0 Å². The Hall–Kier alpha value is -3.10. The van der Waals surface area contributed by atoms with Gasteiger partial charge in [-0.1, -0.05) is 58.9 Å². The Morgan fingerprint density at radius 2 is 1.82 bits per heavy atom. The van der Waals surface area contributed by atoms with Gasteiger partial charge in [0.15, 0.2) is 0 Å². The van der Waals surface area contributed by atoms with E-state index in [1.54, 1.807) is 30.9 Å². The minimum absolute atomic E-state index is 0.185. The molecule has 1 aliphatic rings. The third-order valence-electron chi connectivity index (χ3n) is 6.16. The summed E-state index contributed by atoms with van der Waals surface area (Å²) in [5, 5.41) is 11.0. The first-order chi connectivity index (χ1) is 18.3. The first kappa shape index (κ1) is 34.9. The van der Waals surface area contributed by atoms with Crippen LogP contribution >= 0.6 is 0 Å². The number of nitrogens with zero attached hydrogens (tertiary/aromatic N) is 3. The molecular weight excluding hydrogens is 480 g/mol. The number of ether oxygens (including phenoxy) is 1. The topological polar surface area (TPSA) is 99.3 Å². The number of amides is 1. The Bertz CT molecular complexity index is 900. The lowest BCUT2D eigenvalue weighted by Gasteiger charge is -2.24. The highest BCUT2D eigenvalue weighted by atomic mass is 16.6. The Kier molecular flexibility index (Phi) is 18.3. The van der Waals surface area contributed by atoms with Crippen molar-refractivity contribution in [1.29, 1.82) is 0 Å². The van der Waals surface area contributed by atoms with Crippen LogP contribution in [0, 0.1) is 0 Å². The van der Waals surface area contributed by atoms with Crippen LogP contribution in [0.5, 0.6) is 0 Å². The van der Waals surface area contributed by atoms with Gasteiger partial charge in [0.05, 0.1) is 12.2 Å². The van der Waals surface area contributed by atoms with E-state index in [9.17, 15) is 9.59 Å². The lowest BCUT2D eigenvalue weighted by molar-refractivity contribution is -0.132. The molecule has 8 heteroatoms. The summed E-state index contributed by atoms with van der Waals surface area (Å²) in [5.74, 6) is 5.28. The van der Waals surface area contributed by atoms with E-state index >= 15 is 0 Å². The summed E-state index contributed by atoms with van der Waals surface area (Å²) >= 11 is 0. The predicted molar refractivity (Wildman–Crippen MR) is 158 cm³/mol. The molecule has 0 spiro atoms. The van der Waals surface area contributed by atoms with Crippen molar-refractivity contribution in [3.8, 4) is 0 Å². The van der Waals surface area contributed by atoms with Crippen LogP contribution in [0.3, 0.4) is 0 Å². The van der Waals surface area contributed by atoms with E-state index in [1.807, 2.05) is 31.0 Å². The van der Waals surface area contributed by atoms with Gasteiger partial charge in [0.25, 0.3) is 0 Å². The Labute approximate surface area is 230 Å². The molecule has 1 saturated heterocycles. The minimum Gasteiger partial charge on any atom is -0.478 e. The predicted octanol–water partition coefficient (Wildman–Crippen LogP) is 6.01. The molecule has 0 bridgehead atoms. The van der Waals surface area contributed by atoms with Crippen LogP contribution in [0.15, 0.2) is 60.8 Å². The first-order valence-electron chi connectivity index (χ1n) is 13.7. The van der Waals surface area contributed by atoms with Gasteiger partial charge in [-0.15, -0.1) is 13.2 Å². The molecule has 38 heavy (non-hydrogen) atoms. The van der Waals surface area contributed by atoms with Crippen LogP contribution in [0.1, 0.15) is 66.4 Å². The highest BCUT2D eigenvalue weighted by Gasteiger charge is 2.32. The van der Waals surface area contributed by atoms with Crippen LogP contribution in [0.4, 0.5) is 10.5 Å². The zero-order valence-corrected chi connectivity index (χ0v) is 24.4. The van der Waals surface area contributed by atoms with Crippen LogP contribution in [-0.4, -0.2) is 65.8 Å². The molecule has 1 fully saturated rings. The molecule has 0 saturated carbocycles. The number of benzene rings is 1. The second-order valence-electron chi connectivity index (χ2n) is 8.57. The Morgan fingerprint density at radius 1 is 1.16 bits per heavy atom. The fourth-order valence-corrected chi connectivity index (χ4v) is 4.01. The van der Waals surface area contributed by atoms with Crippen molar-refractivity contribution in [2.24, 2.45) is 5.84 Å². The van der Waals surface area contributed by atoms with Gasteiger partial charge < -0.3 is 19.8 Å². The second kappa shape index (κ2) is 19.9. The number of carbonyl (C=O) groups is 2. The Balaban J connectivity index is 0.00000326. The summed E-state index contributed by atoms with van der Waals surface area (Å²) < 4.78 is 5.57. The average Bonchev–Trinajstić information content (AvgIpc) is 3.31. The highest BCUT2D eigenvalue weighted by molar-refractivity contribution is 5.86. The van der Waals surface area contributed by atoms with Crippen LogP contribution in [0.2, 0.25) is 0 Å². The van der Waals surface area contributed by atoms with Crippen molar-refractivity contribution in [3.05, 3.63) is 66.4 Å². The van der Waals surface area contributed by atoms with E-state index in [0.29, 0.717) is 24.2 Å². The van der Waals surface area contributed by atoms with Gasteiger partial charge >= 0.3 is 12.1 Å². The third kappa shape index (κ3) is 11.5.